The Balaban J connectivity index is 1.74. The second kappa shape index (κ2) is 8.94. The summed E-state index contributed by atoms with van der Waals surface area (Å²) in [5.41, 5.74) is 1.02. The van der Waals surface area contributed by atoms with E-state index >= 15 is 0 Å². The molecule has 11 heteroatoms. The lowest BCUT2D eigenvalue weighted by molar-refractivity contribution is -0.137. The number of halogens is 3. The predicted octanol–water partition coefficient (Wildman–Crippen LogP) is 2.49. The third-order valence-corrected chi connectivity index (χ3v) is 6.23. The summed E-state index contributed by atoms with van der Waals surface area (Å²) < 4.78 is 70.8. The first-order valence-electron chi connectivity index (χ1n) is 8.87. The first-order valence-corrected chi connectivity index (χ1v) is 10.3. The number of rotatable bonds is 5. The molecular formula is C19H18F3N3O4S. The van der Waals surface area contributed by atoms with Crippen molar-refractivity contribution in [2.45, 2.75) is 11.1 Å². The van der Waals surface area contributed by atoms with E-state index in [2.05, 4.69) is 10.5 Å². The van der Waals surface area contributed by atoms with E-state index in [1.54, 1.807) is 0 Å². The van der Waals surface area contributed by atoms with Gasteiger partial charge in [-0.15, -0.1) is 0 Å². The molecule has 1 fully saturated rings. The van der Waals surface area contributed by atoms with Gasteiger partial charge in [-0.1, -0.05) is 24.3 Å². The average Bonchev–Trinajstić information content (AvgIpc) is 2.74. The van der Waals surface area contributed by atoms with Crippen molar-refractivity contribution >= 4 is 22.1 Å². The number of morpholine rings is 1. The van der Waals surface area contributed by atoms with Crippen molar-refractivity contribution in [1.82, 2.24) is 9.73 Å². The minimum atomic E-state index is -4.56. The molecule has 0 spiro atoms. The maximum absolute atomic E-state index is 13.0. The predicted molar refractivity (Wildman–Crippen MR) is 103 cm³/mol. The highest BCUT2D eigenvalue weighted by Gasteiger charge is 2.32. The molecule has 1 aliphatic rings. The number of hydrazone groups is 1. The van der Waals surface area contributed by atoms with Crippen molar-refractivity contribution in [2.75, 3.05) is 26.3 Å². The van der Waals surface area contributed by atoms with Crippen LogP contribution in [0.4, 0.5) is 13.2 Å². The molecule has 0 unspecified atom stereocenters. The van der Waals surface area contributed by atoms with Gasteiger partial charge in [-0.25, -0.2) is 13.8 Å². The number of nitrogens with zero attached hydrogens (tertiary/aromatic N) is 2. The number of carbonyl (C=O) groups is 1. The molecule has 1 saturated heterocycles. The molecular weight excluding hydrogens is 423 g/mol. The number of ether oxygens (including phenoxy) is 1. The van der Waals surface area contributed by atoms with Crippen LogP contribution < -0.4 is 5.43 Å². The normalized spacial score (nSPS) is 16.0. The second-order valence-corrected chi connectivity index (χ2v) is 8.27. The smallest absolute Gasteiger partial charge is 0.379 e. The molecule has 1 aliphatic heterocycles. The van der Waals surface area contributed by atoms with E-state index in [-0.39, 0.29) is 42.3 Å². The fraction of sp³-hybridized carbons (Fsp3) is 0.263. The van der Waals surface area contributed by atoms with Crippen molar-refractivity contribution < 1.29 is 31.1 Å². The molecule has 1 amide bonds. The molecule has 0 radical (unpaired) electrons. The van der Waals surface area contributed by atoms with Gasteiger partial charge >= 0.3 is 6.18 Å². The molecule has 7 nitrogen and oxygen atoms in total. The summed E-state index contributed by atoms with van der Waals surface area (Å²) >= 11 is 0. The Morgan fingerprint density at radius 2 is 1.80 bits per heavy atom. The average molecular weight is 441 g/mol. The van der Waals surface area contributed by atoms with Gasteiger partial charge in [0, 0.05) is 24.2 Å². The molecule has 160 valence electrons. The number of benzene rings is 2. The van der Waals surface area contributed by atoms with Gasteiger partial charge in [0.2, 0.25) is 10.0 Å². The Morgan fingerprint density at radius 3 is 2.50 bits per heavy atom. The third-order valence-electron chi connectivity index (χ3n) is 4.34. The second-order valence-electron chi connectivity index (χ2n) is 6.33. The standard InChI is InChI=1S/C19H18F3N3O4S/c20-19(21,22)17-7-2-1-4-15(17)13-23-24-18(26)14-5-3-6-16(12-14)30(27,28)25-8-10-29-11-9-25/h1-7,12-13H,8-11H2,(H,24,26)/b23-13+. The maximum Gasteiger partial charge on any atom is 0.417 e. The first kappa shape index (κ1) is 21.9. The largest absolute Gasteiger partial charge is 0.417 e. The van der Waals surface area contributed by atoms with Crippen molar-refractivity contribution in [3.8, 4) is 0 Å². The number of amides is 1. The molecule has 2 aromatic carbocycles. The first-order chi connectivity index (χ1) is 14.2. The zero-order valence-corrected chi connectivity index (χ0v) is 16.4. The monoisotopic (exact) mass is 441 g/mol. The van der Waals surface area contributed by atoms with Gasteiger partial charge < -0.3 is 4.74 Å². The SMILES string of the molecule is O=C(N/N=C/c1ccccc1C(F)(F)F)c1cccc(S(=O)(=O)N2CCOCC2)c1. The molecule has 0 aliphatic carbocycles. The summed E-state index contributed by atoms with van der Waals surface area (Å²) in [4.78, 5) is 12.2. The lowest BCUT2D eigenvalue weighted by Crippen LogP contribution is -2.40. The summed E-state index contributed by atoms with van der Waals surface area (Å²) in [7, 11) is -3.79. The summed E-state index contributed by atoms with van der Waals surface area (Å²) in [5.74, 6) is -0.755. The van der Waals surface area contributed by atoms with E-state index in [1.807, 2.05) is 0 Å². The van der Waals surface area contributed by atoms with Crippen LogP contribution in [0.25, 0.3) is 0 Å². The van der Waals surface area contributed by atoms with E-state index in [0.717, 1.165) is 12.3 Å². The summed E-state index contributed by atoms with van der Waals surface area (Å²) in [6.07, 6.45) is -3.68. The lowest BCUT2D eigenvalue weighted by Gasteiger charge is -2.26. The number of sulfonamides is 1. The van der Waals surface area contributed by atoms with E-state index < -0.39 is 27.7 Å². The number of hydrogen-bond acceptors (Lipinski definition) is 5. The van der Waals surface area contributed by atoms with Gasteiger partial charge in [0.15, 0.2) is 0 Å². The Hall–Kier alpha value is -2.76. The highest BCUT2D eigenvalue weighted by Crippen LogP contribution is 2.31. The Morgan fingerprint density at radius 1 is 1.10 bits per heavy atom. The Bertz CT molecular complexity index is 1050. The fourth-order valence-corrected chi connectivity index (χ4v) is 4.28. The van der Waals surface area contributed by atoms with Crippen LogP contribution in [-0.4, -0.2) is 51.1 Å². The zero-order valence-electron chi connectivity index (χ0n) is 15.6. The highest BCUT2D eigenvalue weighted by atomic mass is 32.2. The fourth-order valence-electron chi connectivity index (χ4n) is 2.83. The molecule has 30 heavy (non-hydrogen) atoms. The molecule has 0 bridgehead atoms. The van der Waals surface area contributed by atoms with Crippen molar-refractivity contribution in [3.05, 3.63) is 65.2 Å². The summed E-state index contributed by atoms with van der Waals surface area (Å²) in [6.45, 7) is 0.990. The quantitative estimate of drug-likeness (QED) is 0.571. The van der Waals surface area contributed by atoms with Crippen molar-refractivity contribution in [3.63, 3.8) is 0 Å². The third kappa shape index (κ3) is 5.04. The van der Waals surface area contributed by atoms with Crippen LogP contribution in [0.3, 0.4) is 0 Å². The zero-order chi connectivity index (χ0) is 21.8. The Kier molecular flexibility index (Phi) is 6.54. The van der Waals surface area contributed by atoms with Crippen LogP contribution in [0.2, 0.25) is 0 Å². The van der Waals surface area contributed by atoms with Crippen LogP contribution in [0.1, 0.15) is 21.5 Å². The Labute approximate surface area is 171 Å². The molecule has 2 aromatic rings. The van der Waals surface area contributed by atoms with Gasteiger partial charge in [-0.2, -0.15) is 22.6 Å². The van der Waals surface area contributed by atoms with E-state index in [4.69, 9.17) is 4.74 Å². The van der Waals surface area contributed by atoms with Crippen LogP contribution in [0.15, 0.2) is 58.5 Å². The van der Waals surface area contributed by atoms with Crippen molar-refractivity contribution in [1.29, 1.82) is 0 Å². The number of nitrogens with one attached hydrogen (secondary N) is 1. The number of alkyl halides is 3. The minimum absolute atomic E-state index is 0.00518. The highest BCUT2D eigenvalue weighted by molar-refractivity contribution is 7.89. The molecule has 0 atom stereocenters. The van der Waals surface area contributed by atoms with Gasteiger partial charge in [0.05, 0.1) is 29.9 Å². The summed E-state index contributed by atoms with van der Waals surface area (Å²) in [6, 6.07) is 10.1. The van der Waals surface area contributed by atoms with Gasteiger partial charge in [0.1, 0.15) is 0 Å². The van der Waals surface area contributed by atoms with Crippen molar-refractivity contribution in [2.24, 2.45) is 5.10 Å². The minimum Gasteiger partial charge on any atom is -0.379 e. The maximum atomic E-state index is 13.0. The van der Waals surface area contributed by atoms with E-state index in [9.17, 15) is 26.4 Å². The molecule has 3 rings (SSSR count). The van der Waals surface area contributed by atoms with Crippen LogP contribution >= 0.6 is 0 Å². The molecule has 1 N–H and O–H groups in total. The van der Waals surface area contributed by atoms with E-state index in [0.29, 0.717) is 0 Å². The molecule has 1 heterocycles. The number of hydrogen-bond donors (Lipinski definition) is 1. The lowest BCUT2D eigenvalue weighted by atomic mass is 10.1. The van der Waals surface area contributed by atoms with Crippen LogP contribution in [0.5, 0.6) is 0 Å². The van der Waals surface area contributed by atoms with Gasteiger partial charge in [-0.3, -0.25) is 4.79 Å². The van der Waals surface area contributed by atoms with E-state index in [1.165, 1.54) is 46.8 Å². The molecule has 0 aromatic heterocycles. The van der Waals surface area contributed by atoms with Gasteiger partial charge in [0.25, 0.3) is 5.91 Å². The summed E-state index contributed by atoms with van der Waals surface area (Å²) in [5, 5.41) is 3.57. The van der Waals surface area contributed by atoms with Crippen LogP contribution in [-0.2, 0) is 20.9 Å². The number of carbonyl (C=O) groups excluding carboxylic acids is 1. The van der Waals surface area contributed by atoms with Crippen LogP contribution in [0, 0.1) is 0 Å². The van der Waals surface area contributed by atoms with Gasteiger partial charge in [-0.05, 0) is 24.3 Å². The molecule has 0 saturated carbocycles. The topological polar surface area (TPSA) is 88.1 Å².